The van der Waals surface area contributed by atoms with Gasteiger partial charge >= 0.3 is 0 Å². The summed E-state index contributed by atoms with van der Waals surface area (Å²) in [7, 11) is 0. The van der Waals surface area contributed by atoms with E-state index in [2.05, 4.69) is 12.1 Å². The number of phenols is 1. The lowest BCUT2D eigenvalue weighted by Gasteiger charge is -2.15. The molecule has 0 aliphatic carbocycles. The lowest BCUT2D eigenvalue weighted by atomic mass is 9.96. The quantitative estimate of drug-likeness (QED) is 0.343. The molecule has 0 saturated carbocycles. The fourth-order valence-corrected chi connectivity index (χ4v) is 3.95. The molecule has 0 aliphatic heterocycles. The Balaban J connectivity index is 1.58. The van der Waals surface area contributed by atoms with Gasteiger partial charge in [-0.2, -0.15) is 0 Å². The molecule has 0 heterocycles. The van der Waals surface area contributed by atoms with Gasteiger partial charge in [-0.3, -0.25) is 4.79 Å². The lowest BCUT2D eigenvalue weighted by Crippen LogP contribution is -2.00. The number of ketones is 1. The van der Waals surface area contributed by atoms with Crippen molar-refractivity contribution in [1.82, 2.24) is 0 Å². The van der Waals surface area contributed by atoms with Crippen LogP contribution < -0.4 is 4.74 Å². The van der Waals surface area contributed by atoms with Crippen LogP contribution in [0.15, 0.2) is 78.9 Å². The van der Waals surface area contributed by atoms with Crippen LogP contribution in [0.2, 0.25) is 0 Å². The van der Waals surface area contributed by atoms with E-state index in [0.29, 0.717) is 22.6 Å². The molecule has 0 amide bonds. The third-order valence-corrected chi connectivity index (χ3v) is 5.66. The van der Waals surface area contributed by atoms with Crippen LogP contribution in [-0.4, -0.2) is 10.9 Å². The number of hydrogen-bond acceptors (Lipinski definition) is 3. The van der Waals surface area contributed by atoms with E-state index in [1.54, 1.807) is 12.1 Å². The molecule has 1 N–H and O–H groups in total. The van der Waals surface area contributed by atoms with Crippen molar-refractivity contribution >= 4 is 5.78 Å². The number of phenolic OH excluding ortho intramolecular Hbond substituents is 1. The molecule has 4 rings (SSSR count). The SMILES string of the molecule is Cc1cc(-c2cc(C)c(Oc3ccc(C(=O)c4ccccc4)cc3)c(C)c2)cc(C)c1O. The molecule has 0 saturated heterocycles. The van der Waals surface area contributed by atoms with Crippen molar-refractivity contribution in [3.63, 3.8) is 0 Å². The summed E-state index contributed by atoms with van der Waals surface area (Å²) in [6, 6.07) is 24.7. The summed E-state index contributed by atoms with van der Waals surface area (Å²) in [5, 5.41) is 10.1. The molecule has 0 aromatic heterocycles. The average Bonchev–Trinajstić information content (AvgIpc) is 2.80. The van der Waals surface area contributed by atoms with Crippen LogP contribution in [0.3, 0.4) is 0 Å². The van der Waals surface area contributed by atoms with Crippen LogP contribution in [-0.2, 0) is 0 Å². The molecular weight excluding hydrogens is 396 g/mol. The number of carbonyl (C=O) groups is 1. The van der Waals surface area contributed by atoms with E-state index in [-0.39, 0.29) is 5.78 Å². The number of rotatable bonds is 5. The van der Waals surface area contributed by atoms with Gasteiger partial charge in [0.25, 0.3) is 0 Å². The molecule has 4 aromatic rings. The van der Waals surface area contributed by atoms with E-state index in [9.17, 15) is 9.90 Å². The highest BCUT2D eigenvalue weighted by Crippen LogP contribution is 2.35. The van der Waals surface area contributed by atoms with E-state index < -0.39 is 0 Å². The second-order valence-corrected chi connectivity index (χ2v) is 8.22. The summed E-state index contributed by atoms with van der Waals surface area (Å²) in [4.78, 5) is 12.6. The number of benzene rings is 4. The Labute approximate surface area is 188 Å². The zero-order chi connectivity index (χ0) is 22.8. The summed E-state index contributed by atoms with van der Waals surface area (Å²) in [5.74, 6) is 1.83. The third kappa shape index (κ3) is 4.28. The average molecular weight is 423 g/mol. The predicted molar refractivity (Wildman–Crippen MR) is 129 cm³/mol. The van der Waals surface area contributed by atoms with E-state index in [4.69, 9.17) is 4.74 Å². The van der Waals surface area contributed by atoms with E-state index >= 15 is 0 Å². The Bertz CT molecular complexity index is 1240. The minimum Gasteiger partial charge on any atom is -0.507 e. The Hall–Kier alpha value is -3.85. The van der Waals surface area contributed by atoms with E-state index in [1.807, 2.05) is 82.3 Å². The smallest absolute Gasteiger partial charge is 0.193 e. The van der Waals surface area contributed by atoms with Crippen molar-refractivity contribution < 1.29 is 14.6 Å². The second kappa shape index (κ2) is 8.72. The number of hydrogen-bond donors (Lipinski definition) is 1. The van der Waals surface area contributed by atoms with Crippen LogP contribution in [0.25, 0.3) is 11.1 Å². The van der Waals surface area contributed by atoms with Crippen molar-refractivity contribution in [2.75, 3.05) is 0 Å². The molecule has 0 atom stereocenters. The van der Waals surface area contributed by atoms with Crippen molar-refractivity contribution in [1.29, 1.82) is 0 Å². The molecule has 0 aliphatic rings. The van der Waals surface area contributed by atoms with Crippen molar-refractivity contribution in [3.8, 4) is 28.4 Å². The van der Waals surface area contributed by atoms with Gasteiger partial charge in [-0.05, 0) is 110 Å². The predicted octanol–water partition coefficient (Wildman–Crippen LogP) is 7.32. The van der Waals surface area contributed by atoms with Gasteiger partial charge < -0.3 is 9.84 Å². The third-order valence-electron chi connectivity index (χ3n) is 5.66. The normalized spacial score (nSPS) is 10.8. The van der Waals surface area contributed by atoms with Gasteiger partial charge in [0.1, 0.15) is 17.2 Å². The first-order valence-electron chi connectivity index (χ1n) is 10.6. The molecule has 0 bridgehead atoms. The molecule has 0 unspecified atom stereocenters. The fourth-order valence-electron chi connectivity index (χ4n) is 3.95. The summed E-state index contributed by atoms with van der Waals surface area (Å²) in [5.41, 5.74) is 7.22. The van der Waals surface area contributed by atoms with Crippen LogP contribution in [0, 0.1) is 27.7 Å². The molecule has 4 aromatic carbocycles. The molecule has 0 fully saturated rings. The highest BCUT2D eigenvalue weighted by atomic mass is 16.5. The number of ether oxygens (including phenoxy) is 1. The summed E-state index contributed by atoms with van der Waals surface area (Å²) in [6.45, 7) is 7.88. The number of carbonyl (C=O) groups excluding carboxylic acids is 1. The van der Waals surface area contributed by atoms with Crippen LogP contribution in [0.5, 0.6) is 17.2 Å². The van der Waals surface area contributed by atoms with E-state index in [1.165, 1.54) is 0 Å². The van der Waals surface area contributed by atoms with E-state index in [0.717, 1.165) is 39.1 Å². The monoisotopic (exact) mass is 422 g/mol. The van der Waals surface area contributed by atoms with Crippen molar-refractivity contribution in [2.45, 2.75) is 27.7 Å². The van der Waals surface area contributed by atoms with Crippen LogP contribution >= 0.6 is 0 Å². The van der Waals surface area contributed by atoms with Crippen LogP contribution in [0.4, 0.5) is 0 Å². The maximum Gasteiger partial charge on any atom is 0.193 e. The molecule has 3 nitrogen and oxygen atoms in total. The minimum atomic E-state index is -0.00616. The maximum atomic E-state index is 12.6. The van der Waals surface area contributed by atoms with Gasteiger partial charge in [0.15, 0.2) is 5.78 Å². The molecule has 0 spiro atoms. The lowest BCUT2D eigenvalue weighted by molar-refractivity contribution is 0.103. The standard InChI is InChI=1S/C29H26O3/c1-18-14-24(15-19(2)27(18)30)25-16-20(3)29(21(4)17-25)32-26-12-10-23(11-13-26)28(31)22-8-6-5-7-9-22/h5-17,30H,1-4H3. The Morgan fingerprint density at radius 2 is 1.12 bits per heavy atom. The Morgan fingerprint density at radius 1 is 0.656 bits per heavy atom. The number of aromatic hydroxyl groups is 1. The first-order chi connectivity index (χ1) is 15.3. The van der Waals surface area contributed by atoms with Crippen LogP contribution in [0.1, 0.15) is 38.2 Å². The summed E-state index contributed by atoms with van der Waals surface area (Å²) in [6.07, 6.45) is 0. The van der Waals surface area contributed by atoms with Crippen molar-refractivity contribution in [3.05, 3.63) is 112 Å². The minimum absolute atomic E-state index is 0.00616. The van der Waals surface area contributed by atoms with Gasteiger partial charge in [-0.25, -0.2) is 0 Å². The van der Waals surface area contributed by atoms with Gasteiger partial charge in [-0.15, -0.1) is 0 Å². The topological polar surface area (TPSA) is 46.5 Å². The van der Waals surface area contributed by atoms with Gasteiger partial charge in [0.2, 0.25) is 0 Å². The largest absolute Gasteiger partial charge is 0.507 e. The first kappa shape index (κ1) is 21.4. The fraction of sp³-hybridized carbons (Fsp3) is 0.138. The summed E-state index contributed by atoms with van der Waals surface area (Å²) < 4.78 is 6.19. The first-order valence-corrected chi connectivity index (χ1v) is 10.6. The number of aryl methyl sites for hydroxylation is 4. The zero-order valence-electron chi connectivity index (χ0n) is 18.8. The zero-order valence-corrected chi connectivity index (χ0v) is 18.8. The molecule has 3 heteroatoms. The van der Waals surface area contributed by atoms with Crippen molar-refractivity contribution in [2.24, 2.45) is 0 Å². The molecule has 160 valence electrons. The van der Waals surface area contributed by atoms with Gasteiger partial charge in [-0.1, -0.05) is 30.3 Å². The Kier molecular flexibility index (Phi) is 5.83. The highest BCUT2D eigenvalue weighted by Gasteiger charge is 2.13. The van der Waals surface area contributed by atoms with Gasteiger partial charge in [0.05, 0.1) is 0 Å². The molecular formula is C29H26O3. The molecule has 32 heavy (non-hydrogen) atoms. The Morgan fingerprint density at radius 3 is 1.66 bits per heavy atom. The maximum absolute atomic E-state index is 12.6. The molecule has 0 radical (unpaired) electrons. The van der Waals surface area contributed by atoms with Gasteiger partial charge in [0, 0.05) is 11.1 Å². The summed E-state index contributed by atoms with van der Waals surface area (Å²) >= 11 is 0. The highest BCUT2D eigenvalue weighted by molar-refractivity contribution is 6.09. The second-order valence-electron chi connectivity index (χ2n) is 8.22.